The maximum Gasteiger partial charge on any atom is 0.417 e. The van der Waals surface area contributed by atoms with Crippen molar-refractivity contribution in [3.8, 4) is 0 Å². The highest BCUT2D eigenvalue weighted by molar-refractivity contribution is 7.99. The molecule has 3 atom stereocenters. The molecule has 2 spiro atoms. The van der Waals surface area contributed by atoms with Crippen LogP contribution < -0.4 is 9.91 Å². The summed E-state index contributed by atoms with van der Waals surface area (Å²) in [5, 5.41) is 5.88. The van der Waals surface area contributed by atoms with E-state index < -0.39 is 45.4 Å². The monoisotopic (exact) mass is 673 g/mol. The Balaban J connectivity index is 1.59. The van der Waals surface area contributed by atoms with Gasteiger partial charge in [-0.3, -0.25) is 13.8 Å². The first-order valence-corrected chi connectivity index (χ1v) is 17.4. The number of carbonyl (C=O) groups is 3. The number of anilines is 2. The summed E-state index contributed by atoms with van der Waals surface area (Å²) in [6, 6.07) is 32.7. The van der Waals surface area contributed by atoms with Crippen LogP contribution in [0, 0.1) is 6.92 Å². The van der Waals surface area contributed by atoms with Crippen LogP contribution in [0.3, 0.4) is 0 Å². The van der Waals surface area contributed by atoms with Crippen LogP contribution in [0.25, 0.3) is 0 Å². The van der Waals surface area contributed by atoms with E-state index in [2.05, 4.69) is 0 Å². The first kappa shape index (κ1) is 32.1. The highest BCUT2D eigenvalue weighted by Gasteiger charge is 2.80. The Kier molecular flexibility index (Phi) is 7.63. The van der Waals surface area contributed by atoms with E-state index in [-0.39, 0.29) is 17.4 Å². The summed E-state index contributed by atoms with van der Waals surface area (Å²) in [5.74, 6) is -1.27. The zero-order valence-electron chi connectivity index (χ0n) is 27.8. The maximum atomic E-state index is 15.7. The van der Waals surface area contributed by atoms with E-state index in [1.807, 2.05) is 67.6 Å². The normalized spacial score (nSPS) is 22.1. The highest BCUT2D eigenvalue weighted by atomic mass is 32.2. The number of aliphatic imine (C=N–C) groups is 1. The van der Waals surface area contributed by atoms with Crippen molar-refractivity contribution in [2.75, 3.05) is 16.2 Å². The van der Waals surface area contributed by atoms with E-state index in [1.165, 1.54) is 11.3 Å². The molecule has 3 aliphatic rings. The summed E-state index contributed by atoms with van der Waals surface area (Å²) < 4.78 is 19.7. The molecule has 0 N–H and O–H groups in total. The van der Waals surface area contributed by atoms with Crippen LogP contribution in [0.2, 0.25) is 0 Å². The Morgan fingerprint density at radius 3 is 2.08 bits per heavy atom. The third kappa shape index (κ3) is 4.82. The number of fused-ring (bicyclic) bond motifs is 3. The molecule has 0 saturated carbocycles. The summed E-state index contributed by atoms with van der Waals surface area (Å²) in [6.07, 6.45) is 0.407. The zero-order chi connectivity index (χ0) is 34.7. The number of hydrogen-bond acceptors (Lipinski definition) is 7. The van der Waals surface area contributed by atoms with Crippen molar-refractivity contribution < 1.29 is 23.3 Å². The minimum Gasteiger partial charge on any atom is -0.443 e. The number of aryl methyl sites for hydroxylation is 1. The number of ether oxygens (including phenoxy) is 1. The van der Waals surface area contributed by atoms with E-state index in [1.54, 1.807) is 74.2 Å². The van der Waals surface area contributed by atoms with Crippen molar-refractivity contribution in [2.24, 2.45) is 10.1 Å². The SMILES string of the molecule is Cc1ccc(C2=NN(c3ccccc3)C(=O)C23N=C([S@@](C)=O)N(C(=O)OC(C)(C)C)[C@]32C(=O)N(Cc3ccccc3)c3ccccc32)cc1. The first-order chi connectivity index (χ1) is 23.4. The van der Waals surface area contributed by atoms with Gasteiger partial charge >= 0.3 is 6.09 Å². The fraction of sp³-hybridized carbons (Fsp3) is 0.237. The molecule has 3 aliphatic heterocycles. The number of para-hydroxylation sites is 2. The molecular formula is C38H35N5O5S. The number of amidine groups is 1. The summed E-state index contributed by atoms with van der Waals surface area (Å²) >= 11 is 0. The molecule has 11 heteroatoms. The van der Waals surface area contributed by atoms with E-state index in [4.69, 9.17) is 14.8 Å². The average Bonchev–Trinajstić information content (AvgIpc) is 3.65. The van der Waals surface area contributed by atoms with Gasteiger partial charge in [-0.15, -0.1) is 0 Å². The standard InChI is InChI=1S/C38H35N5O5S/c1-25-20-22-27(23-21-25)31-37(32(44)43(40-31)28-16-10-7-11-17-28)38(42(34(39-37)49(5)47)35(46)48-36(2,3)4)29-18-12-13-19-30(29)41(33(38)45)24-26-14-8-6-9-15-26/h6-23H,24H2,1-5H3/t37?,38-,49-/m1/s1. The van der Waals surface area contributed by atoms with Crippen LogP contribution in [0.1, 0.15) is 43.0 Å². The second-order valence-corrected chi connectivity index (χ2v) is 14.5. The molecule has 4 aromatic rings. The van der Waals surface area contributed by atoms with Crippen molar-refractivity contribution >= 4 is 51.0 Å². The molecule has 7 rings (SSSR count). The van der Waals surface area contributed by atoms with Gasteiger partial charge in [0.1, 0.15) is 11.3 Å². The number of benzene rings is 4. The smallest absolute Gasteiger partial charge is 0.417 e. The third-order valence-electron chi connectivity index (χ3n) is 8.84. The number of hydrazone groups is 1. The predicted octanol–water partition coefficient (Wildman–Crippen LogP) is 5.91. The van der Waals surface area contributed by atoms with Crippen LogP contribution >= 0.6 is 0 Å². The minimum absolute atomic E-state index is 0.134. The zero-order valence-corrected chi connectivity index (χ0v) is 28.6. The Bertz CT molecular complexity index is 2080. The third-order valence-corrected chi connectivity index (χ3v) is 9.63. The summed E-state index contributed by atoms with van der Waals surface area (Å²) in [6.45, 7) is 7.17. The molecule has 3 heterocycles. The Morgan fingerprint density at radius 2 is 1.45 bits per heavy atom. The molecule has 49 heavy (non-hydrogen) atoms. The van der Waals surface area contributed by atoms with Crippen molar-refractivity contribution in [1.82, 2.24) is 4.90 Å². The first-order valence-electron chi connectivity index (χ1n) is 15.9. The Labute approximate surface area is 287 Å². The van der Waals surface area contributed by atoms with Gasteiger partial charge in [0.2, 0.25) is 10.7 Å². The van der Waals surface area contributed by atoms with Gasteiger partial charge < -0.3 is 9.64 Å². The predicted molar refractivity (Wildman–Crippen MR) is 190 cm³/mol. The molecule has 0 saturated heterocycles. The number of carbonyl (C=O) groups excluding carboxylic acids is 3. The van der Waals surface area contributed by atoms with Crippen molar-refractivity contribution in [3.05, 3.63) is 131 Å². The van der Waals surface area contributed by atoms with Gasteiger partial charge in [0.05, 0.1) is 28.7 Å². The average molecular weight is 674 g/mol. The van der Waals surface area contributed by atoms with Crippen molar-refractivity contribution in [2.45, 2.75) is 50.9 Å². The largest absolute Gasteiger partial charge is 0.443 e. The minimum atomic E-state index is -2.20. The fourth-order valence-corrected chi connectivity index (χ4v) is 7.57. The fourth-order valence-electron chi connectivity index (χ4n) is 6.84. The molecule has 0 bridgehead atoms. The van der Waals surface area contributed by atoms with Crippen LogP contribution in [0.15, 0.2) is 119 Å². The van der Waals surface area contributed by atoms with Crippen LogP contribution in [-0.4, -0.2) is 55.3 Å². The lowest BCUT2D eigenvalue weighted by Gasteiger charge is -2.42. The maximum absolute atomic E-state index is 15.7. The van der Waals surface area contributed by atoms with Gasteiger partial charge in [-0.2, -0.15) is 10.1 Å². The van der Waals surface area contributed by atoms with Crippen LogP contribution in [0.5, 0.6) is 0 Å². The van der Waals surface area contributed by atoms with E-state index in [0.717, 1.165) is 16.0 Å². The van der Waals surface area contributed by atoms with Crippen LogP contribution in [0.4, 0.5) is 16.2 Å². The van der Waals surface area contributed by atoms with Crippen molar-refractivity contribution in [3.63, 3.8) is 0 Å². The number of nitrogens with zero attached hydrogens (tertiary/aromatic N) is 5. The van der Waals surface area contributed by atoms with E-state index in [9.17, 15) is 9.00 Å². The molecule has 0 radical (unpaired) electrons. The second-order valence-electron chi connectivity index (χ2n) is 13.2. The quantitative estimate of drug-likeness (QED) is 0.267. The molecule has 0 aliphatic carbocycles. The molecule has 0 aromatic heterocycles. The molecule has 10 nitrogen and oxygen atoms in total. The Morgan fingerprint density at radius 1 is 0.837 bits per heavy atom. The highest BCUT2D eigenvalue weighted by Crippen LogP contribution is 2.59. The molecule has 248 valence electrons. The number of rotatable bonds is 4. The Hall–Kier alpha value is -5.42. The lowest BCUT2D eigenvalue weighted by atomic mass is 9.68. The molecule has 0 fully saturated rings. The van der Waals surface area contributed by atoms with Gasteiger partial charge in [0.15, 0.2) is 5.54 Å². The lowest BCUT2D eigenvalue weighted by molar-refractivity contribution is -0.135. The van der Waals surface area contributed by atoms with Gasteiger partial charge in [-0.25, -0.2) is 14.7 Å². The topological polar surface area (TPSA) is 112 Å². The number of hydrogen-bond donors (Lipinski definition) is 0. The summed E-state index contributed by atoms with van der Waals surface area (Å²) in [7, 11) is -1.97. The number of amides is 3. The molecular weight excluding hydrogens is 639 g/mol. The lowest BCUT2D eigenvalue weighted by Crippen LogP contribution is -2.69. The second kappa shape index (κ2) is 11.6. The van der Waals surface area contributed by atoms with Gasteiger partial charge in [-0.1, -0.05) is 96.6 Å². The van der Waals surface area contributed by atoms with E-state index >= 15 is 9.59 Å². The molecule has 4 aromatic carbocycles. The van der Waals surface area contributed by atoms with Gasteiger partial charge in [-0.05, 0) is 51.5 Å². The molecule has 3 amide bonds. The summed E-state index contributed by atoms with van der Waals surface area (Å²) in [4.78, 5) is 53.3. The van der Waals surface area contributed by atoms with E-state index in [0.29, 0.717) is 22.5 Å². The molecule has 1 unspecified atom stereocenters. The summed E-state index contributed by atoms with van der Waals surface area (Å²) in [5.41, 5.74) is -1.70. The van der Waals surface area contributed by atoms with Gasteiger partial charge in [0, 0.05) is 17.4 Å². The van der Waals surface area contributed by atoms with Gasteiger partial charge in [0.25, 0.3) is 11.8 Å². The van der Waals surface area contributed by atoms with Crippen molar-refractivity contribution in [1.29, 1.82) is 0 Å². The van der Waals surface area contributed by atoms with Crippen LogP contribution in [-0.2, 0) is 37.2 Å².